The van der Waals surface area contributed by atoms with Crippen LogP contribution in [0.2, 0.25) is 0 Å². The standard InChI is InChI=1S/C45H53N9O5/c46-42(58)45(19-23-49-24-20-45)54-41(57)36(25-29-9-2-1-3-10-29)51-39(55)37(27-32-28-50-35-16-7-6-15-34(32)35)52-40(56)38(53-43(59)44(47)17-21-48-22-18-44)26-31-13-8-12-30-11-4-5-14-33(30)31/h1-16,28,36-38,48-50H,17-27,47H2,(H2,46,58)(H,51,55)(H,52,56)(H,53,59)(H,54,57)/t36-,37+,38+/m0/s1. The lowest BCUT2D eigenvalue weighted by molar-refractivity contribution is -0.136. The number of rotatable bonds is 15. The van der Waals surface area contributed by atoms with Crippen LogP contribution in [0.1, 0.15) is 42.4 Å². The summed E-state index contributed by atoms with van der Waals surface area (Å²) in [6, 6.07) is 27.0. The smallest absolute Gasteiger partial charge is 0.243 e. The zero-order valence-corrected chi connectivity index (χ0v) is 33.0. The van der Waals surface area contributed by atoms with Crippen molar-refractivity contribution in [2.24, 2.45) is 11.5 Å². The Morgan fingerprint density at radius 1 is 0.593 bits per heavy atom. The summed E-state index contributed by atoms with van der Waals surface area (Å²) in [6.07, 6.45) is 3.46. The molecule has 0 unspecified atom stereocenters. The molecule has 14 nitrogen and oxygen atoms in total. The van der Waals surface area contributed by atoms with Gasteiger partial charge >= 0.3 is 0 Å². The molecule has 2 saturated heterocycles. The molecule has 7 rings (SSSR count). The van der Waals surface area contributed by atoms with Crippen molar-refractivity contribution >= 4 is 51.2 Å². The fourth-order valence-corrected chi connectivity index (χ4v) is 8.24. The molecule has 0 saturated carbocycles. The molecule has 308 valence electrons. The molecule has 0 aliphatic carbocycles. The van der Waals surface area contributed by atoms with Crippen LogP contribution in [0.4, 0.5) is 0 Å². The van der Waals surface area contributed by atoms with Crippen LogP contribution in [0.5, 0.6) is 0 Å². The largest absolute Gasteiger partial charge is 0.368 e. The fourth-order valence-electron chi connectivity index (χ4n) is 8.24. The zero-order chi connectivity index (χ0) is 41.4. The van der Waals surface area contributed by atoms with Crippen LogP contribution in [-0.4, -0.2) is 89.9 Å². The van der Waals surface area contributed by atoms with Crippen molar-refractivity contribution in [2.75, 3.05) is 26.2 Å². The third kappa shape index (κ3) is 9.62. The summed E-state index contributed by atoms with van der Waals surface area (Å²) in [5.41, 5.74) is 13.3. The second kappa shape index (κ2) is 18.2. The topological polar surface area (TPSA) is 225 Å². The Morgan fingerprint density at radius 3 is 1.85 bits per heavy atom. The van der Waals surface area contributed by atoms with Gasteiger partial charge in [0.1, 0.15) is 23.7 Å². The molecule has 3 atom stereocenters. The first-order valence-corrected chi connectivity index (χ1v) is 20.3. The number of primary amides is 1. The molecule has 14 heteroatoms. The molecule has 2 aliphatic heterocycles. The first kappa shape index (κ1) is 41.1. The third-order valence-electron chi connectivity index (χ3n) is 11.8. The molecule has 0 radical (unpaired) electrons. The molecular weight excluding hydrogens is 747 g/mol. The van der Waals surface area contributed by atoms with Gasteiger partial charge in [-0.05, 0) is 85.4 Å². The highest BCUT2D eigenvalue weighted by Gasteiger charge is 2.42. The van der Waals surface area contributed by atoms with Gasteiger partial charge in [-0.15, -0.1) is 0 Å². The molecule has 2 fully saturated rings. The first-order valence-electron chi connectivity index (χ1n) is 20.3. The molecule has 59 heavy (non-hydrogen) atoms. The number of aromatic amines is 1. The lowest BCUT2D eigenvalue weighted by atomic mass is 9.87. The van der Waals surface area contributed by atoms with Crippen LogP contribution >= 0.6 is 0 Å². The van der Waals surface area contributed by atoms with E-state index in [9.17, 15) is 24.0 Å². The number of H-pyrrole nitrogens is 1. The Balaban J connectivity index is 1.21. The first-order chi connectivity index (χ1) is 28.5. The second-order valence-corrected chi connectivity index (χ2v) is 15.8. The summed E-state index contributed by atoms with van der Waals surface area (Å²) in [6.45, 7) is 2.09. The van der Waals surface area contributed by atoms with Crippen LogP contribution in [0.25, 0.3) is 21.7 Å². The Labute approximate surface area is 343 Å². The van der Waals surface area contributed by atoms with Crippen molar-refractivity contribution in [1.29, 1.82) is 0 Å². The molecule has 1 aromatic heterocycles. The van der Waals surface area contributed by atoms with Gasteiger partial charge in [-0.25, -0.2) is 0 Å². The number of fused-ring (bicyclic) bond motifs is 2. The van der Waals surface area contributed by atoms with E-state index >= 15 is 0 Å². The van der Waals surface area contributed by atoms with Crippen molar-refractivity contribution in [2.45, 2.75) is 74.1 Å². The number of aromatic nitrogens is 1. The van der Waals surface area contributed by atoms with Crippen molar-refractivity contribution in [1.82, 2.24) is 36.9 Å². The van der Waals surface area contributed by atoms with Crippen LogP contribution < -0.4 is 43.4 Å². The predicted octanol–water partition coefficient (Wildman–Crippen LogP) is 1.61. The van der Waals surface area contributed by atoms with E-state index in [1.165, 1.54) is 0 Å². The maximum Gasteiger partial charge on any atom is 0.243 e. The van der Waals surface area contributed by atoms with E-state index in [0.717, 1.165) is 38.4 Å². The highest BCUT2D eigenvalue weighted by molar-refractivity contribution is 5.98. The second-order valence-electron chi connectivity index (χ2n) is 15.8. The number of amides is 5. The van der Waals surface area contributed by atoms with Crippen LogP contribution in [0, 0.1) is 0 Å². The Hall–Kier alpha value is -6.09. The summed E-state index contributed by atoms with van der Waals surface area (Å²) in [5, 5.41) is 21.0. The van der Waals surface area contributed by atoms with Crippen molar-refractivity contribution < 1.29 is 24.0 Å². The van der Waals surface area contributed by atoms with Crippen LogP contribution in [0.3, 0.4) is 0 Å². The Bertz CT molecular complexity index is 2290. The average molecular weight is 800 g/mol. The molecule has 11 N–H and O–H groups in total. The SMILES string of the molecule is NC(=O)C1(NC(=O)[C@H](Cc2ccccc2)NC(=O)[C@@H](Cc2c[nH]c3ccccc23)NC(=O)[C@@H](Cc2cccc3ccccc23)NC(=O)C2(N)CCNCC2)CCNCC1. The maximum atomic E-state index is 14.7. The highest BCUT2D eigenvalue weighted by Crippen LogP contribution is 2.23. The van der Waals surface area contributed by atoms with E-state index in [1.54, 1.807) is 6.20 Å². The van der Waals surface area contributed by atoms with E-state index in [4.69, 9.17) is 11.5 Å². The van der Waals surface area contributed by atoms with E-state index in [0.29, 0.717) is 51.9 Å². The van der Waals surface area contributed by atoms with Gasteiger partial charge in [0.25, 0.3) is 0 Å². The minimum absolute atomic E-state index is 0.0551. The summed E-state index contributed by atoms with van der Waals surface area (Å²) >= 11 is 0. The van der Waals surface area contributed by atoms with E-state index in [-0.39, 0.29) is 19.3 Å². The zero-order valence-electron chi connectivity index (χ0n) is 33.0. The molecule has 3 heterocycles. The van der Waals surface area contributed by atoms with Gasteiger partial charge < -0.3 is 48.4 Å². The van der Waals surface area contributed by atoms with Gasteiger partial charge in [0.05, 0.1) is 5.54 Å². The predicted molar refractivity (Wildman–Crippen MR) is 227 cm³/mol. The number of hydrogen-bond acceptors (Lipinski definition) is 8. The van der Waals surface area contributed by atoms with E-state index in [2.05, 4.69) is 36.9 Å². The molecule has 0 spiro atoms. The summed E-state index contributed by atoms with van der Waals surface area (Å²) in [4.78, 5) is 73.6. The third-order valence-corrected chi connectivity index (χ3v) is 11.8. The van der Waals surface area contributed by atoms with Gasteiger partial charge in [-0.1, -0.05) is 91.0 Å². The lowest BCUT2D eigenvalue weighted by Crippen LogP contribution is -2.65. The number of piperidine rings is 2. The monoisotopic (exact) mass is 799 g/mol. The van der Waals surface area contributed by atoms with Crippen LogP contribution in [-0.2, 0) is 43.2 Å². The number of carbonyl (C=O) groups excluding carboxylic acids is 5. The molecular formula is C45H53N9O5. The Morgan fingerprint density at radius 2 is 1.15 bits per heavy atom. The average Bonchev–Trinajstić information content (AvgIpc) is 3.66. The molecule has 2 aliphatic rings. The minimum Gasteiger partial charge on any atom is -0.368 e. The number of benzene rings is 4. The summed E-state index contributed by atoms with van der Waals surface area (Å²) in [5.74, 6) is -2.88. The number of hydrogen-bond donors (Lipinski definition) is 9. The van der Waals surface area contributed by atoms with Crippen LogP contribution in [0.15, 0.2) is 103 Å². The molecule has 5 amide bonds. The van der Waals surface area contributed by atoms with Crippen molar-refractivity contribution in [3.8, 4) is 0 Å². The quantitative estimate of drug-likeness (QED) is 0.0755. The maximum absolute atomic E-state index is 14.7. The molecule has 5 aromatic rings. The van der Waals surface area contributed by atoms with Gasteiger partial charge in [0.2, 0.25) is 29.5 Å². The number of para-hydroxylation sites is 1. The normalized spacial score (nSPS) is 17.6. The number of carbonyl (C=O) groups is 5. The highest BCUT2D eigenvalue weighted by atomic mass is 16.2. The summed E-state index contributed by atoms with van der Waals surface area (Å²) in [7, 11) is 0. The summed E-state index contributed by atoms with van der Waals surface area (Å²) < 4.78 is 0. The minimum atomic E-state index is -1.29. The number of nitrogens with one attached hydrogen (secondary N) is 7. The molecule has 0 bridgehead atoms. The van der Waals surface area contributed by atoms with Crippen molar-refractivity contribution in [3.63, 3.8) is 0 Å². The van der Waals surface area contributed by atoms with Gasteiger partial charge in [0.15, 0.2) is 0 Å². The molecule has 4 aromatic carbocycles. The fraction of sp³-hybridized carbons (Fsp3) is 0.356. The van der Waals surface area contributed by atoms with Crippen molar-refractivity contribution in [3.05, 3.63) is 120 Å². The number of nitrogens with two attached hydrogens (primary N) is 2. The van der Waals surface area contributed by atoms with Gasteiger partial charge in [-0.3, -0.25) is 24.0 Å². The Kier molecular flexibility index (Phi) is 12.7. The lowest BCUT2D eigenvalue weighted by Gasteiger charge is -2.37. The van der Waals surface area contributed by atoms with E-state index < -0.39 is 58.7 Å². The van der Waals surface area contributed by atoms with Gasteiger partial charge in [0, 0.05) is 36.4 Å². The van der Waals surface area contributed by atoms with Gasteiger partial charge in [-0.2, -0.15) is 0 Å². The van der Waals surface area contributed by atoms with E-state index in [1.807, 2.05) is 97.1 Å².